The van der Waals surface area contributed by atoms with Crippen molar-refractivity contribution in [3.8, 4) is 0 Å². The van der Waals surface area contributed by atoms with Gasteiger partial charge in [0, 0.05) is 29.1 Å². The minimum absolute atomic E-state index is 0. The van der Waals surface area contributed by atoms with Crippen LogP contribution in [-0.2, 0) is 58.6 Å². The van der Waals surface area contributed by atoms with Crippen LogP contribution >= 0.6 is 35.5 Å². The van der Waals surface area contributed by atoms with Crippen molar-refractivity contribution < 1.29 is 60.0 Å². The van der Waals surface area contributed by atoms with Gasteiger partial charge in [-0.15, -0.1) is 0 Å². The molecule has 0 aliphatic carbocycles. The number of allylic oxidation sites excluding steroid dienone is 3. The van der Waals surface area contributed by atoms with E-state index in [9.17, 15) is 24.0 Å². The van der Waals surface area contributed by atoms with Crippen LogP contribution in [0.4, 0.5) is 0 Å². The van der Waals surface area contributed by atoms with Gasteiger partial charge in [-0.25, -0.2) is 9.59 Å². The van der Waals surface area contributed by atoms with E-state index in [2.05, 4.69) is 45.0 Å². The van der Waals surface area contributed by atoms with Gasteiger partial charge in [-0.3, -0.25) is 14.4 Å². The number of esters is 4. The average Bonchev–Trinajstić information content (AvgIpc) is 2.89. The molecule has 2 fully saturated rings. The van der Waals surface area contributed by atoms with Crippen LogP contribution in [0, 0.1) is 0 Å². The Morgan fingerprint density at radius 1 is 0.690 bits per heavy atom. The number of hydrogen-bond donors (Lipinski definition) is 0. The molecular formula is C30H32CdI2O9. The van der Waals surface area contributed by atoms with Gasteiger partial charge in [0.15, 0.2) is 0 Å². The predicted molar refractivity (Wildman–Crippen MR) is 172 cm³/mol. The van der Waals surface area contributed by atoms with Crippen molar-refractivity contribution in [1.29, 1.82) is 0 Å². The molecule has 0 bridgehead atoms. The van der Waals surface area contributed by atoms with Crippen molar-refractivity contribution in [2.24, 2.45) is 0 Å². The first-order valence-corrected chi connectivity index (χ1v) is 36.0. The number of benzene rings is 2. The molecule has 2 heterocycles. The zero-order valence-electron chi connectivity index (χ0n) is 23.6. The fourth-order valence-corrected chi connectivity index (χ4v) is 3.09. The molecule has 222 valence electrons. The molecule has 0 unspecified atom stereocenters. The number of ether oxygens (including phenoxy) is 4. The topological polar surface area (TPSA) is 122 Å². The van der Waals surface area contributed by atoms with Crippen molar-refractivity contribution in [2.45, 2.75) is 45.7 Å². The third kappa shape index (κ3) is 16.3. The zero-order chi connectivity index (χ0) is 31.6. The summed E-state index contributed by atoms with van der Waals surface area (Å²) in [6.07, 6.45) is 8.55. The average molecular weight is 904 g/mol. The molecule has 0 spiro atoms. The molecule has 0 amide bonds. The van der Waals surface area contributed by atoms with Crippen molar-refractivity contribution in [2.75, 3.05) is 0 Å². The van der Waals surface area contributed by atoms with Crippen LogP contribution in [0.15, 0.2) is 84.5 Å². The Kier molecular flexibility index (Phi) is 17.7. The molecule has 12 heteroatoms. The fraction of sp³-hybridized carbons (Fsp3) is 0.233. The van der Waals surface area contributed by atoms with Gasteiger partial charge >= 0.3 is 75.0 Å². The van der Waals surface area contributed by atoms with Crippen LogP contribution < -0.4 is 0 Å². The summed E-state index contributed by atoms with van der Waals surface area (Å²) in [6.45, 7) is 6.06. The molecule has 0 radical (unpaired) electrons. The summed E-state index contributed by atoms with van der Waals surface area (Å²) in [4.78, 5) is 54.3. The molecule has 2 aliphatic rings. The number of carbonyl (C=O) groups excluding carboxylic acids is 5. The summed E-state index contributed by atoms with van der Waals surface area (Å²) in [5, 5.41) is 0. The Morgan fingerprint density at radius 3 is 1.45 bits per heavy atom. The van der Waals surface area contributed by atoms with Gasteiger partial charge in [0.05, 0.1) is 0 Å². The van der Waals surface area contributed by atoms with Crippen LogP contribution in [0.5, 0.6) is 0 Å². The number of hydrogen-bond acceptors (Lipinski definition) is 9. The quantitative estimate of drug-likeness (QED) is 0.0637. The summed E-state index contributed by atoms with van der Waals surface area (Å²) in [5.41, 5.74) is 1.92. The van der Waals surface area contributed by atoms with Crippen LogP contribution in [-0.4, -0.2) is 41.7 Å². The van der Waals surface area contributed by atoms with Crippen molar-refractivity contribution in [3.05, 3.63) is 95.6 Å². The molecule has 2 saturated heterocycles. The summed E-state index contributed by atoms with van der Waals surface area (Å²) in [6, 6.07) is 19.2. The number of halogens is 2. The molecule has 9 nitrogen and oxygen atoms in total. The number of aldehydes is 1. The summed E-state index contributed by atoms with van der Waals surface area (Å²) >= 11 is 4.90. The minimum atomic E-state index is -1.20. The zero-order valence-corrected chi connectivity index (χ0v) is 31.9. The second-order valence-corrected chi connectivity index (χ2v) is 39.5. The van der Waals surface area contributed by atoms with Crippen molar-refractivity contribution in [1.82, 2.24) is 0 Å². The van der Waals surface area contributed by atoms with Crippen molar-refractivity contribution in [3.63, 3.8) is 0 Å². The van der Waals surface area contributed by atoms with E-state index in [4.69, 9.17) is 9.47 Å². The van der Waals surface area contributed by atoms with Crippen LogP contribution in [0.3, 0.4) is 0 Å². The number of cyclic esters (lactones) is 4. The first-order chi connectivity index (χ1) is 19.8. The Hall–Kier alpha value is -2.41. The second kappa shape index (κ2) is 19.7. The molecule has 2 aromatic rings. The van der Waals surface area contributed by atoms with Crippen LogP contribution in [0.25, 0.3) is 12.2 Å². The SMILES string of the molecule is CC1(C)OC(=O)C(=C/C=C/c2ccccc2)C(=O)O1.CC1(C)OC(=O)CC(=O)O1.O=C/C=C/c1ccccc1.[2HH].[I][Cd][I]. The standard InChI is InChI=1S/C15H14O4.C9H8O.C6H8O4.Cd.2HI.H2/c1-15(2)18-13(16)12(14(17)19-15)10-6-9-11-7-4-3-5-8-11;10-8-4-7-9-5-2-1-3-6-9;1-6(2)9-4(7)3-5(8)10-6;;;;/h3-10H,1-2H3;1-8H;3H2,1-2H3;;3*1H/q;;;+2;;;/p-2/b9-6+;7-4+;;;;;/i;;;;;;1+1. The monoisotopic (exact) mass is 905 g/mol. The van der Waals surface area contributed by atoms with Gasteiger partial charge in [-0.05, 0) is 23.3 Å². The molecule has 0 aromatic heterocycles. The number of carbonyl (C=O) groups is 5. The van der Waals surface area contributed by atoms with E-state index in [1.807, 2.05) is 60.7 Å². The molecule has 2 aliphatic heterocycles. The second-order valence-electron chi connectivity index (χ2n) is 9.06. The van der Waals surface area contributed by atoms with E-state index < -0.39 is 35.5 Å². The summed E-state index contributed by atoms with van der Waals surface area (Å²) in [5.74, 6) is -4.67. The van der Waals surface area contributed by atoms with Crippen LogP contribution in [0.1, 0.15) is 46.7 Å². The number of rotatable bonds is 4. The molecule has 0 saturated carbocycles. The Bertz CT molecular complexity index is 1260. The van der Waals surface area contributed by atoms with E-state index in [1.54, 1.807) is 18.2 Å². The fourth-order valence-electron chi connectivity index (χ4n) is 3.09. The maximum absolute atomic E-state index is 11.6. The van der Waals surface area contributed by atoms with E-state index in [0.29, 0.717) is 0 Å². The third-order valence-electron chi connectivity index (χ3n) is 4.64. The molecule has 0 atom stereocenters. The molecule has 0 N–H and O–H groups in total. The van der Waals surface area contributed by atoms with Gasteiger partial charge < -0.3 is 18.9 Å². The van der Waals surface area contributed by atoms with E-state index >= 15 is 0 Å². The van der Waals surface area contributed by atoms with E-state index in [-0.39, 0.29) is 29.1 Å². The third-order valence-corrected chi connectivity index (χ3v) is 4.64. The first kappa shape index (κ1) is 37.6. The summed E-state index contributed by atoms with van der Waals surface area (Å²) < 4.78 is 19.3. The summed E-state index contributed by atoms with van der Waals surface area (Å²) in [7, 11) is 0. The van der Waals surface area contributed by atoms with Crippen LogP contribution in [0.2, 0.25) is 0 Å². The Balaban J connectivity index is 0.000000626. The van der Waals surface area contributed by atoms with Gasteiger partial charge in [0.2, 0.25) is 0 Å². The predicted octanol–water partition coefficient (Wildman–Crippen LogP) is 6.59. The molecule has 2 aromatic carbocycles. The molecular weight excluding hydrogens is 871 g/mol. The van der Waals surface area contributed by atoms with Gasteiger partial charge in [-0.2, -0.15) is 0 Å². The van der Waals surface area contributed by atoms with E-state index in [1.165, 1.54) is 39.8 Å². The van der Waals surface area contributed by atoms with Gasteiger partial charge in [0.1, 0.15) is 18.3 Å². The normalized spacial score (nSPS) is 16.4. The molecule has 42 heavy (non-hydrogen) atoms. The van der Waals surface area contributed by atoms with Gasteiger partial charge in [-0.1, -0.05) is 78.9 Å². The Labute approximate surface area is 276 Å². The van der Waals surface area contributed by atoms with Gasteiger partial charge in [0.25, 0.3) is 11.6 Å². The maximum atomic E-state index is 11.6. The van der Waals surface area contributed by atoms with Crippen molar-refractivity contribution >= 4 is 77.8 Å². The Morgan fingerprint density at radius 2 is 1.07 bits per heavy atom. The first-order valence-electron chi connectivity index (χ1n) is 12.4. The van der Waals surface area contributed by atoms with E-state index in [0.717, 1.165) is 17.4 Å². The molecule has 4 rings (SSSR count).